The number of rotatable bonds is 9. The van der Waals surface area contributed by atoms with Crippen molar-refractivity contribution in [2.75, 3.05) is 34.5 Å². The second-order valence-electron chi connectivity index (χ2n) is 5.47. The van der Waals surface area contributed by atoms with Crippen molar-refractivity contribution in [3.8, 4) is 17.2 Å². The molecule has 0 saturated carbocycles. The third-order valence-corrected chi connectivity index (χ3v) is 4.70. The van der Waals surface area contributed by atoms with Gasteiger partial charge in [0.25, 0.3) is 5.91 Å². The van der Waals surface area contributed by atoms with Crippen LogP contribution in [0.25, 0.3) is 0 Å². The van der Waals surface area contributed by atoms with Gasteiger partial charge >= 0.3 is 0 Å². The average Bonchev–Trinajstić information content (AvgIpc) is 2.67. The number of hydrogen-bond donors (Lipinski definition) is 1. The number of hydrogen-bond acceptors (Lipinski definition) is 5. The summed E-state index contributed by atoms with van der Waals surface area (Å²) in [6.45, 7) is 1.17. The molecule has 0 fully saturated rings. The Bertz CT molecular complexity index is 800. The van der Waals surface area contributed by atoms with E-state index in [1.54, 1.807) is 44.6 Å². The van der Waals surface area contributed by atoms with Crippen LogP contribution in [0.5, 0.6) is 17.2 Å². The summed E-state index contributed by atoms with van der Waals surface area (Å²) in [4.78, 5) is 12.4. The molecule has 0 atom stereocenters. The van der Waals surface area contributed by atoms with Crippen LogP contribution in [0.1, 0.15) is 15.9 Å². The minimum absolute atomic E-state index is 0.231. The summed E-state index contributed by atoms with van der Waals surface area (Å²) < 4.78 is 21.7. The first kappa shape index (κ1) is 21.3. The zero-order chi connectivity index (χ0) is 19.8. The van der Waals surface area contributed by atoms with Crippen molar-refractivity contribution in [3.63, 3.8) is 0 Å². The summed E-state index contributed by atoms with van der Waals surface area (Å²) in [5.74, 6) is 1.49. The standard InChI is InChI=1S/C19H21BrClNO5/c1-24-6-7-27-16-5-4-12(8-14(16)20)19(23)22-11-13-9-17(25-2)18(26-3)10-15(13)21/h4-5,8-10H,6-7,11H2,1-3H3,(H,22,23). The molecule has 1 N–H and O–H groups in total. The third-order valence-electron chi connectivity index (χ3n) is 3.73. The Morgan fingerprint density at radius 3 is 2.37 bits per heavy atom. The van der Waals surface area contributed by atoms with Crippen molar-refractivity contribution >= 4 is 33.4 Å². The second-order valence-corrected chi connectivity index (χ2v) is 6.73. The summed E-state index contributed by atoms with van der Waals surface area (Å²) >= 11 is 9.66. The highest BCUT2D eigenvalue weighted by Gasteiger charge is 2.13. The zero-order valence-electron chi connectivity index (χ0n) is 15.3. The van der Waals surface area contributed by atoms with E-state index in [0.717, 1.165) is 5.56 Å². The highest BCUT2D eigenvalue weighted by atomic mass is 79.9. The van der Waals surface area contributed by atoms with E-state index in [-0.39, 0.29) is 12.5 Å². The summed E-state index contributed by atoms with van der Waals surface area (Å²) in [7, 11) is 4.69. The normalized spacial score (nSPS) is 10.4. The van der Waals surface area contributed by atoms with Gasteiger partial charge in [0.15, 0.2) is 11.5 Å². The fourth-order valence-corrected chi connectivity index (χ4v) is 3.02. The van der Waals surface area contributed by atoms with Gasteiger partial charge in [-0.25, -0.2) is 0 Å². The lowest BCUT2D eigenvalue weighted by Gasteiger charge is -2.13. The number of methoxy groups -OCH3 is 3. The van der Waals surface area contributed by atoms with Crippen LogP contribution in [0.15, 0.2) is 34.8 Å². The molecule has 0 aliphatic rings. The minimum Gasteiger partial charge on any atom is -0.493 e. The average molecular weight is 459 g/mol. The summed E-state index contributed by atoms with van der Waals surface area (Å²) in [6.07, 6.45) is 0. The lowest BCUT2D eigenvalue weighted by atomic mass is 10.1. The maximum absolute atomic E-state index is 12.4. The van der Waals surface area contributed by atoms with Gasteiger partial charge in [-0.05, 0) is 45.8 Å². The van der Waals surface area contributed by atoms with Crippen molar-refractivity contribution in [1.82, 2.24) is 5.32 Å². The Morgan fingerprint density at radius 1 is 1.04 bits per heavy atom. The molecule has 0 aliphatic carbocycles. The fraction of sp³-hybridized carbons (Fsp3) is 0.316. The van der Waals surface area contributed by atoms with Crippen LogP contribution in [0.3, 0.4) is 0 Å². The third kappa shape index (κ3) is 5.76. The molecule has 2 aromatic rings. The largest absolute Gasteiger partial charge is 0.493 e. The van der Waals surface area contributed by atoms with E-state index < -0.39 is 0 Å². The Morgan fingerprint density at radius 2 is 1.74 bits per heavy atom. The molecule has 0 bridgehead atoms. The van der Waals surface area contributed by atoms with Crippen LogP contribution >= 0.6 is 27.5 Å². The number of ether oxygens (including phenoxy) is 4. The molecule has 0 unspecified atom stereocenters. The topological polar surface area (TPSA) is 66.0 Å². The van der Waals surface area contributed by atoms with Crippen molar-refractivity contribution in [1.29, 1.82) is 0 Å². The summed E-state index contributed by atoms with van der Waals surface area (Å²) in [5.41, 5.74) is 1.22. The summed E-state index contributed by atoms with van der Waals surface area (Å²) in [6, 6.07) is 8.53. The van der Waals surface area contributed by atoms with E-state index in [1.807, 2.05) is 0 Å². The molecule has 8 heteroatoms. The Hall–Kier alpha value is -1.96. The minimum atomic E-state index is -0.231. The van der Waals surface area contributed by atoms with Gasteiger partial charge in [-0.3, -0.25) is 4.79 Å². The van der Waals surface area contributed by atoms with Crippen molar-refractivity contribution in [2.45, 2.75) is 6.54 Å². The fourth-order valence-electron chi connectivity index (χ4n) is 2.30. The Kier molecular flexibility index (Phi) is 8.22. The molecule has 0 spiro atoms. The van der Waals surface area contributed by atoms with Gasteiger partial charge in [0.05, 0.1) is 25.3 Å². The summed E-state index contributed by atoms with van der Waals surface area (Å²) in [5, 5.41) is 3.32. The van der Waals surface area contributed by atoms with E-state index in [1.165, 1.54) is 7.11 Å². The number of carbonyl (C=O) groups is 1. The maximum Gasteiger partial charge on any atom is 0.251 e. The molecule has 0 saturated heterocycles. The molecule has 6 nitrogen and oxygen atoms in total. The van der Waals surface area contributed by atoms with E-state index >= 15 is 0 Å². The van der Waals surface area contributed by atoms with Gasteiger partial charge in [0, 0.05) is 30.3 Å². The van der Waals surface area contributed by atoms with E-state index in [9.17, 15) is 4.79 Å². The first-order valence-electron chi connectivity index (χ1n) is 8.10. The van der Waals surface area contributed by atoms with Gasteiger partial charge in [0.1, 0.15) is 12.4 Å². The number of benzene rings is 2. The van der Waals surface area contributed by atoms with E-state index in [4.69, 9.17) is 30.5 Å². The lowest BCUT2D eigenvalue weighted by Crippen LogP contribution is -2.23. The number of amides is 1. The molecule has 146 valence electrons. The number of halogens is 2. The molecule has 0 heterocycles. The first-order valence-corrected chi connectivity index (χ1v) is 9.27. The van der Waals surface area contributed by atoms with Crippen LogP contribution in [0.4, 0.5) is 0 Å². The molecule has 1 amide bonds. The number of nitrogens with one attached hydrogen (secondary N) is 1. The van der Waals surface area contributed by atoms with E-state index in [0.29, 0.717) is 45.5 Å². The zero-order valence-corrected chi connectivity index (χ0v) is 17.6. The lowest BCUT2D eigenvalue weighted by molar-refractivity contribution is 0.0950. The molecule has 2 rings (SSSR count). The van der Waals surface area contributed by atoms with Gasteiger partial charge in [0.2, 0.25) is 0 Å². The maximum atomic E-state index is 12.4. The van der Waals surface area contributed by atoms with Crippen LogP contribution < -0.4 is 19.5 Å². The molecular formula is C19H21BrClNO5. The second kappa shape index (κ2) is 10.4. The predicted molar refractivity (Wildman–Crippen MR) is 107 cm³/mol. The quantitative estimate of drug-likeness (QED) is 0.574. The van der Waals surface area contributed by atoms with Crippen molar-refractivity contribution < 1.29 is 23.7 Å². The molecule has 0 aliphatic heterocycles. The van der Waals surface area contributed by atoms with Crippen LogP contribution in [-0.2, 0) is 11.3 Å². The highest BCUT2D eigenvalue weighted by Crippen LogP contribution is 2.33. The number of carbonyl (C=O) groups excluding carboxylic acids is 1. The van der Waals surface area contributed by atoms with Crippen LogP contribution in [-0.4, -0.2) is 40.5 Å². The van der Waals surface area contributed by atoms with Gasteiger partial charge in [-0.2, -0.15) is 0 Å². The SMILES string of the molecule is COCCOc1ccc(C(=O)NCc2cc(OC)c(OC)cc2Cl)cc1Br. The Labute approximate surface area is 171 Å². The first-order chi connectivity index (χ1) is 13.0. The smallest absolute Gasteiger partial charge is 0.251 e. The van der Waals surface area contributed by atoms with Crippen LogP contribution in [0, 0.1) is 0 Å². The molecule has 27 heavy (non-hydrogen) atoms. The monoisotopic (exact) mass is 457 g/mol. The van der Waals surface area contributed by atoms with Crippen molar-refractivity contribution in [3.05, 3.63) is 51.0 Å². The van der Waals surface area contributed by atoms with E-state index in [2.05, 4.69) is 21.2 Å². The molecular weight excluding hydrogens is 438 g/mol. The van der Waals surface area contributed by atoms with Gasteiger partial charge in [-0.15, -0.1) is 0 Å². The molecule has 0 aromatic heterocycles. The van der Waals surface area contributed by atoms with Crippen molar-refractivity contribution in [2.24, 2.45) is 0 Å². The molecule has 2 aromatic carbocycles. The van der Waals surface area contributed by atoms with Gasteiger partial charge in [-0.1, -0.05) is 11.6 Å². The Balaban J connectivity index is 2.04. The van der Waals surface area contributed by atoms with Gasteiger partial charge < -0.3 is 24.3 Å². The molecule has 0 radical (unpaired) electrons. The van der Waals surface area contributed by atoms with Crippen LogP contribution in [0.2, 0.25) is 5.02 Å². The highest BCUT2D eigenvalue weighted by molar-refractivity contribution is 9.10. The predicted octanol–water partition coefficient (Wildman–Crippen LogP) is 4.07.